The zero-order valence-corrected chi connectivity index (χ0v) is 18.3. The van der Waals surface area contributed by atoms with Gasteiger partial charge in [-0.15, -0.1) is 0 Å². The number of hydrogen-bond donors (Lipinski definition) is 0. The topological polar surface area (TPSA) is 32.8 Å². The van der Waals surface area contributed by atoms with E-state index in [1.165, 1.54) is 18.4 Å². The number of likely N-dealkylation sites (tertiary alicyclic amines) is 2. The van der Waals surface area contributed by atoms with Crippen molar-refractivity contribution in [3.63, 3.8) is 0 Å². The van der Waals surface area contributed by atoms with Crippen molar-refractivity contribution in [1.82, 2.24) is 9.80 Å². The third kappa shape index (κ3) is 5.42. The van der Waals surface area contributed by atoms with Crippen LogP contribution in [0.25, 0.3) is 0 Å². The first-order valence-corrected chi connectivity index (χ1v) is 11.5. The number of carbonyl (C=O) groups excluding carboxylic acids is 1. The molecule has 4 rings (SSSR count). The number of halogens is 1. The van der Waals surface area contributed by atoms with Crippen molar-refractivity contribution in [2.24, 2.45) is 0 Å². The Morgan fingerprint density at radius 2 is 1.70 bits per heavy atom. The number of rotatable bonds is 7. The number of piperidine rings is 1. The number of hydrogen-bond acceptors (Lipinski definition) is 3. The molecule has 0 aliphatic carbocycles. The summed E-state index contributed by atoms with van der Waals surface area (Å²) in [5.41, 5.74) is 2.15. The first kappa shape index (κ1) is 21.4. The second-order valence-corrected chi connectivity index (χ2v) is 8.82. The summed E-state index contributed by atoms with van der Waals surface area (Å²) in [6.45, 7) is 4.29. The van der Waals surface area contributed by atoms with E-state index in [1.54, 1.807) is 0 Å². The molecule has 0 saturated carbocycles. The van der Waals surface area contributed by atoms with Crippen molar-refractivity contribution in [2.45, 2.75) is 50.8 Å². The summed E-state index contributed by atoms with van der Waals surface area (Å²) >= 11 is 6.22. The van der Waals surface area contributed by atoms with Crippen LogP contribution in [0.15, 0.2) is 54.6 Å². The van der Waals surface area contributed by atoms with E-state index in [1.807, 2.05) is 35.2 Å². The highest BCUT2D eigenvalue weighted by Crippen LogP contribution is 2.27. The fourth-order valence-corrected chi connectivity index (χ4v) is 4.97. The Balaban J connectivity index is 1.23. The van der Waals surface area contributed by atoms with Gasteiger partial charge in [-0.25, -0.2) is 0 Å². The summed E-state index contributed by atoms with van der Waals surface area (Å²) in [6, 6.07) is 19.1. The molecule has 30 heavy (non-hydrogen) atoms. The van der Waals surface area contributed by atoms with Gasteiger partial charge in [0.05, 0.1) is 19.6 Å². The average Bonchev–Trinajstić information content (AvgIpc) is 3.25. The van der Waals surface area contributed by atoms with Crippen molar-refractivity contribution in [1.29, 1.82) is 0 Å². The maximum absolute atomic E-state index is 12.7. The Morgan fingerprint density at radius 3 is 2.47 bits per heavy atom. The number of ether oxygens (including phenoxy) is 1. The quantitative estimate of drug-likeness (QED) is 0.650. The molecule has 2 fully saturated rings. The summed E-state index contributed by atoms with van der Waals surface area (Å²) < 4.78 is 6.04. The number of carbonyl (C=O) groups is 1. The van der Waals surface area contributed by atoms with Crippen LogP contribution in [0, 0.1) is 0 Å². The Hall–Kier alpha value is -1.88. The van der Waals surface area contributed by atoms with Crippen LogP contribution in [0.4, 0.5) is 0 Å². The highest BCUT2D eigenvalue weighted by atomic mass is 35.5. The molecule has 0 aromatic heterocycles. The first-order valence-electron chi connectivity index (χ1n) is 11.1. The average molecular weight is 427 g/mol. The van der Waals surface area contributed by atoms with Crippen LogP contribution in [0.5, 0.6) is 0 Å². The SMILES string of the molecule is O=C(Cc1ccccc1Cl)N1CCC(N2CCCC2COCc2ccccc2)CC1. The molecule has 1 amide bonds. The normalized spacial score (nSPS) is 20.6. The van der Waals surface area contributed by atoms with Crippen molar-refractivity contribution in [3.8, 4) is 0 Å². The smallest absolute Gasteiger partial charge is 0.227 e. The molecule has 4 nitrogen and oxygen atoms in total. The van der Waals surface area contributed by atoms with Crippen LogP contribution >= 0.6 is 11.6 Å². The molecule has 2 heterocycles. The third-order valence-corrected chi connectivity index (χ3v) is 6.80. The van der Waals surface area contributed by atoms with Crippen LogP contribution in [-0.2, 0) is 22.6 Å². The van der Waals surface area contributed by atoms with Crippen LogP contribution in [0.3, 0.4) is 0 Å². The molecule has 1 unspecified atom stereocenters. The van der Waals surface area contributed by atoms with Crippen LogP contribution < -0.4 is 0 Å². The van der Waals surface area contributed by atoms with Gasteiger partial charge in [0.15, 0.2) is 0 Å². The number of nitrogens with zero attached hydrogens (tertiary/aromatic N) is 2. The van der Waals surface area contributed by atoms with E-state index in [0.29, 0.717) is 30.1 Å². The molecule has 2 aromatic rings. The fraction of sp³-hybridized carbons (Fsp3) is 0.480. The van der Waals surface area contributed by atoms with Crippen molar-refractivity contribution >= 4 is 17.5 Å². The summed E-state index contributed by atoms with van der Waals surface area (Å²) in [5, 5.41) is 0.677. The van der Waals surface area contributed by atoms with Crippen LogP contribution in [0.2, 0.25) is 5.02 Å². The van der Waals surface area contributed by atoms with Gasteiger partial charge in [0.2, 0.25) is 5.91 Å². The monoisotopic (exact) mass is 426 g/mol. The molecular formula is C25H31ClN2O2. The van der Waals surface area contributed by atoms with Gasteiger partial charge in [0.1, 0.15) is 0 Å². The van der Waals surface area contributed by atoms with E-state index in [0.717, 1.165) is 44.6 Å². The Labute approximate surface area is 184 Å². The summed E-state index contributed by atoms with van der Waals surface area (Å²) in [6.07, 6.45) is 4.93. The van der Waals surface area contributed by atoms with Crippen LogP contribution in [-0.4, -0.2) is 54.0 Å². The van der Waals surface area contributed by atoms with Gasteiger partial charge in [-0.2, -0.15) is 0 Å². The highest BCUT2D eigenvalue weighted by molar-refractivity contribution is 6.31. The van der Waals surface area contributed by atoms with Gasteiger partial charge in [-0.05, 0) is 49.4 Å². The largest absolute Gasteiger partial charge is 0.375 e. The first-order chi connectivity index (χ1) is 14.7. The molecular weight excluding hydrogens is 396 g/mol. The predicted molar refractivity (Wildman–Crippen MR) is 121 cm³/mol. The maximum Gasteiger partial charge on any atom is 0.227 e. The summed E-state index contributed by atoms with van der Waals surface area (Å²) in [4.78, 5) is 17.4. The summed E-state index contributed by atoms with van der Waals surface area (Å²) in [5.74, 6) is 0.186. The molecule has 2 saturated heterocycles. The Morgan fingerprint density at radius 1 is 0.967 bits per heavy atom. The highest BCUT2D eigenvalue weighted by Gasteiger charge is 2.33. The van der Waals surface area contributed by atoms with E-state index in [-0.39, 0.29) is 5.91 Å². The predicted octanol–water partition coefficient (Wildman–Crippen LogP) is 4.55. The molecule has 0 spiro atoms. The lowest BCUT2D eigenvalue weighted by molar-refractivity contribution is -0.132. The lowest BCUT2D eigenvalue weighted by Crippen LogP contribution is -2.49. The van der Waals surface area contributed by atoms with Crippen molar-refractivity contribution in [3.05, 3.63) is 70.7 Å². The zero-order chi connectivity index (χ0) is 20.8. The molecule has 160 valence electrons. The van der Waals surface area contributed by atoms with E-state index < -0.39 is 0 Å². The number of benzene rings is 2. The fourth-order valence-electron chi connectivity index (χ4n) is 4.77. The molecule has 0 N–H and O–H groups in total. The van der Waals surface area contributed by atoms with E-state index in [9.17, 15) is 4.79 Å². The van der Waals surface area contributed by atoms with Gasteiger partial charge in [-0.3, -0.25) is 9.69 Å². The van der Waals surface area contributed by atoms with Crippen LogP contribution in [0.1, 0.15) is 36.8 Å². The lowest BCUT2D eigenvalue weighted by Gasteiger charge is -2.39. The lowest BCUT2D eigenvalue weighted by atomic mass is 10.0. The van der Waals surface area contributed by atoms with Crippen molar-refractivity contribution < 1.29 is 9.53 Å². The molecule has 0 radical (unpaired) electrons. The minimum absolute atomic E-state index is 0.186. The molecule has 0 bridgehead atoms. The van der Waals surface area contributed by atoms with Gasteiger partial charge >= 0.3 is 0 Å². The molecule has 2 aliphatic rings. The van der Waals surface area contributed by atoms with Gasteiger partial charge in [-0.1, -0.05) is 60.1 Å². The second-order valence-electron chi connectivity index (χ2n) is 8.41. The number of amides is 1. The van der Waals surface area contributed by atoms with Gasteiger partial charge < -0.3 is 9.64 Å². The van der Waals surface area contributed by atoms with E-state index in [2.05, 4.69) is 29.2 Å². The minimum Gasteiger partial charge on any atom is -0.375 e. The zero-order valence-electron chi connectivity index (χ0n) is 17.5. The standard InChI is InChI=1S/C25H31ClN2O2/c26-24-11-5-4-9-21(24)17-25(29)27-15-12-22(13-16-27)28-14-6-10-23(28)19-30-18-20-7-2-1-3-8-20/h1-5,7-9,11,22-23H,6,10,12-19H2. The molecule has 2 aromatic carbocycles. The molecule has 5 heteroatoms. The second kappa shape index (κ2) is 10.4. The van der Waals surface area contributed by atoms with E-state index in [4.69, 9.17) is 16.3 Å². The minimum atomic E-state index is 0.186. The Kier molecular flexibility index (Phi) is 7.42. The maximum atomic E-state index is 12.7. The third-order valence-electron chi connectivity index (χ3n) is 6.43. The Bertz CT molecular complexity index is 821. The summed E-state index contributed by atoms with van der Waals surface area (Å²) in [7, 11) is 0. The van der Waals surface area contributed by atoms with Crippen molar-refractivity contribution in [2.75, 3.05) is 26.2 Å². The molecule has 1 atom stereocenters. The van der Waals surface area contributed by atoms with Gasteiger partial charge in [0, 0.05) is 30.2 Å². The molecule has 2 aliphatic heterocycles. The van der Waals surface area contributed by atoms with Gasteiger partial charge in [0.25, 0.3) is 0 Å². The van der Waals surface area contributed by atoms with E-state index >= 15 is 0 Å².